The molecule has 0 radical (unpaired) electrons. The third kappa shape index (κ3) is 6.40. The minimum Gasteiger partial charge on any atom is -0.480 e. The molecule has 158 valence electrons. The normalized spacial score (nSPS) is 12.5. The molecule has 0 saturated carbocycles. The van der Waals surface area contributed by atoms with E-state index in [1.165, 1.54) is 49.4 Å². The van der Waals surface area contributed by atoms with E-state index in [1.54, 1.807) is 6.07 Å². The van der Waals surface area contributed by atoms with Crippen molar-refractivity contribution >= 4 is 23.8 Å². The zero-order valence-electron chi connectivity index (χ0n) is 16.1. The smallest absolute Gasteiger partial charge is 0.335 e. The van der Waals surface area contributed by atoms with E-state index in [1.807, 2.05) is 0 Å². The molecule has 0 fully saturated rings. The van der Waals surface area contributed by atoms with Crippen molar-refractivity contribution in [2.24, 2.45) is 0 Å². The van der Waals surface area contributed by atoms with Gasteiger partial charge in [0, 0.05) is 19.8 Å². The molecule has 30 heavy (non-hydrogen) atoms. The zero-order valence-corrected chi connectivity index (χ0v) is 16.1. The molecule has 0 aliphatic carbocycles. The fourth-order valence-corrected chi connectivity index (χ4v) is 2.83. The number of carboxylic acid groups (broad SMARTS) is 2. The maximum absolute atomic E-state index is 13.9. The van der Waals surface area contributed by atoms with Crippen LogP contribution in [-0.4, -0.2) is 46.0 Å². The van der Waals surface area contributed by atoms with Crippen molar-refractivity contribution in [1.82, 2.24) is 10.6 Å². The van der Waals surface area contributed by atoms with Crippen molar-refractivity contribution in [3.05, 3.63) is 71.0 Å². The first-order valence-corrected chi connectivity index (χ1v) is 9.03. The maximum Gasteiger partial charge on any atom is 0.335 e. The molecule has 0 aliphatic heterocycles. The van der Waals surface area contributed by atoms with Gasteiger partial charge in [-0.2, -0.15) is 0 Å². The lowest BCUT2D eigenvalue weighted by molar-refractivity contribution is -0.142. The number of rotatable bonds is 9. The molecule has 0 unspecified atom stereocenters. The topological polar surface area (TPSA) is 133 Å². The summed E-state index contributed by atoms with van der Waals surface area (Å²) in [5.41, 5.74) is 0.741. The second-order valence-electron chi connectivity index (χ2n) is 6.65. The first kappa shape index (κ1) is 22.5. The predicted octanol–water partition coefficient (Wildman–Crippen LogP) is 1.38. The number of aromatic carboxylic acids is 1. The Morgan fingerprint density at radius 3 is 2.07 bits per heavy atom. The van der Waals surface area contributed by atoms with Crippen molar-refractivity contribution < 1.29 is 33.8 Å². The molecule has 0 heterocycles. The monoisotopic (exact) mass is 416 g/mol. The third-order valence-electron chi connectivity index (χ3n) is 4.33. The van der Waals surface area contributed by atoms with E-state index in [0.717, 1.165) is 0 Å². The van der Waals surface area contributed by atoms with Gasteiger partial charge in [0.1, 0.15) is 17.9 Å². The molecule has 9 heteroatoms. The molecule has 0 aliphatic rings. The zero-order chi connectivity index (χ0) is 22.3. The van der Waals surface area contributed by atoms with Crippen molar-refractivity contribution in [2.45, 2.75) is 31.8 Å². The molecule has 2 amide bonds. The maximum atomic E-state index is 13.9. The van der Waals surface area contributed by atoms with E-state index in [0.29, 0.717) is 5.56 Å². The Morgan fingerprint density at radius 1 is 0.900 bits per heavy atom. The minimum absolute atomic E-state index is 0.0465. The van der Waals surface area contributed by atoms with Gasteiger partial charge in [-0.1, -0.05) is 30.3 Å². The summed E-state index contributed by atoms with van der Waals surface area (Å²) in [6.07, 6.45) is -0.259. The fourth-order valence-electron chi connectivity index (χ4n) is 2.83. The minimum atomic E-state index is -1.33. The molecule has 2 aromatic carbocycles. The molecule has 2 aromatic rings. The van der Waals surface area contributed by atoms with Gasteiger partial charge in [-0.25, -0.2) is 14.0 Å². The Hall–Kier alpha value is -3.75. The number of halogens is 1. The van der Waals surface area contributed by atoms with Crippen LogP contribution < -0.4 is 10.6 Å². The second kappa shape index (κ2) is 10.1. The van der Waals surface area contributed by atoms with Gasteiger partial charge in [0.25, 0.3) is 0 Å². The Labute approximate surface area is 171 Å². The van der Waals surface area contributed by atoms with Crippen LogP contribution in [0.5, 0.6) is 0 Å². The highest BCUT2D eigenvalue weighted by atomic mass is 19.1. The van der Waals surface area contributed by atoms with E-state index in [2.05, 4.69) is 10.6 Å². The number of amides is 2. The van der Waals surface area contributed by atoms with Gasteiger partial charge in [0.2, 0.25) is 11.8 Å². The van der Waals surface area contributed by atoms with Crippen molar-refractivity contribution in [1.29, 1.82) is 0 Å². The Kier molecular flexibility index (Phi) is 7.62. The lowest BCUT2D eigenvalue weighted by Crippen LogP contribution is -2.52. The molecule has 0 saturated heterocycles. The van der Waals surface area contributed by atoms with Crippen LogP contribution in [0.25, 0.3) is 0 Å². The Balaban J connectivity index is 2.14. The molecule has 0 aromatic heterocycles. The van der Waals surface area contributed by atoms with Gasteiger partial charge < -0.3 is 20.8 Å². The molecule has 4 N–H and O–H groups in total. The van der Waals surface area contributed by atoms with Gasteiger partial charge in [-0.15, -0.1) is 0 Å². The highest BCUT2D eigenvalue weighted by Crippen LogP contribution is 2.11. The molecular formula is C21H21FN2O6. The quantitative estimate of drug-likeness (QED) is 0.488. The van der Waals surface area contributed by atoms with Crippen molar-refractivity contribution in [3.63, 3.8) is 0 Å². The molecule has 0 spiro atoms. The summed E-state index contributed by atoms with van der Waals surface area (Å²) in [6.45, 7) is 1.19. The number of hydrogen-bond donors (Lipinski definition) is 4. The van der Waals surface area contributed by atoms with Crippen LogP contribution >= 0.6 is 0 Å². The standard InChI is InChI=1S/C21H21FN2O6/c1-12(25)23-17(11-15-4-2-3-5-16(15)22)19(26)24-18(21(29)30)10-13-6-8-14(9-7-13)20(27)28/h2-9,17-18H,10-11H2,1H3,(H,23,25)(H,24,26)(H,27,28)(H,29,30)/t17-,18-/m0/s1. The largest absolute Gasteiger partial charge is 0.480 e. The Bertz CT molecular complexity index is 945. The van der Waals surface area contributed by atoms with Gasteiger partial charge in [0.15, 0.2) is 0 Å². The van der Waals surface area contributed by atoms with Gasteiger partial charge in [-0.3, -0.25) is 9.59 Å². The highest BCUT2D eigenvalue weighted by molar-refractivity contribution is 5.90. The lowest BCUT2D eigenvalue weighted by atomic mass is 10.0. The molecule has 0 bridgehead atoms. The number of aliphatic carboxylic acids is 1. The second-order valence-corrected chi connectivity index (χ2v) is 6.65. The van der Waals surface area contributed by atoms with Gasteiger partial charge in [-0.05, 0) is 29.3 Å². The SMILES string of the molecule is CC(=O)N[C@@H](Cc1ccccc1F)C(=O)N[C@@H](Cc1ccc(C(=O)O)cc1)C(=O)O. The first-order valence-electron chi connectivity index (χ1n) is 9.03. The number of carboxylic acids is 2. The van der Waals surface area contributed by atoms with Gasteiger partial charge >= 0.3 is 11.9 Å². The van der Waals surface area contributed by atoms with Crippen LogP contribution in [0, 0.1) is 5.82 Å². The number of carbonyl (C=O) groups is 4. The lowest BCUT2D eigenvalue weighted by Gasteiger charge is -2.21. The average Bonchev–Trinajstić information content (AvgIpc) is 2.68. The van der Waals surface area contributed by atoms with Crippen molar-refractivity contribution in [3.8, 4) is 0 Å². The summed E-state index contributed by atoms with van der Waals surface area (Å²) in [5.74, 6) is -4.27. The van der Waals surface area contributed by atoms with Crippen LogP contribution in [0.1, 0.15) is 28.4 Å². The first-order chi connectivity index (χ1) is 14.2. The van der Waals surface area contributed by atoms with E-state index < -0.39 is 41.7 Å². The molecule has 8 nitrogen and oxygen atoms in total. The summed E-state index contributed by atoms with van der Waals surface area (Å²) >= 11 is 0. The summed E-state index contributed by atoms with van der Waals surface area (Å²) in [5, 5.41) is 23.2. The summed E-state index contributed by atoms with van der Waals surface area (Å²) < 4.78 is 13.9. The number of carbonyl (C=O) groups excluding carboxylic acids is 2. The molecule has 2 atom stereocenters. The van der Waals surface area contributed by atoms with Crippen LogP contribution in [0.4, 0.5) is 4.39 Å². The number of benzene rings is 2. The fraction of sp³-hybridized carbons (Fsp3) is 0.238. The molecule has 2 rings (SSSR count). The van der Waals surface area contributed by atoms with Crippen LogP contribution in [-0.2, 0) is 27.2 Å². The summed E-state index contributed by atoms with van der Waals surface area (Å²) in [6, 6.07) is 8.83. The van der Waals surface area contributed by atoms with E-state index in [-0.39, 0.29) is 24.0 Å². The third-order valence-corrected chi connectivity index (χ3v) is 4.33. The summed E-state index contributed by atoms with van der Waals surface area (Å²) in [7, 11) is 0. The average molecular weight is 416 g/mol. The van der Waals surface area contributed by atoms with E-state index in [4.69, 9.17) is 5.11 Å². The van der Waals surface area contributed by atoms with Gasteiger partial charge in [0.05, 0.1) is 5.56 Å². The van der Waals surface area contributed by atoms with E-state index >= 15 is 0 Å². The number of hydrogen-bond acceptors (Lipinski definition) is 4. The van der Waals surface area contributed by atoms with Crippen LogP contribution in [0.2, 0.25) is 0 Å². The number of nitrogens with one attached hydrogen (secondary N) is 2. The van der Waals surface area contributed by atoms with Crippen molar-refractivity contribution in [2.75, 3.05) is 0 Å². The predicted molar refractivity (Wildman–Crippen MR) is 104 cm³/mol. The van der Waals surface area contributed by atoms with Crippen LogP contribution in [0.15, 0.2) is 48.5 Å². The Morgan fingerprint density at radius 2 is 1.53 bits per heavy atom. The molecular weight excluding hydrogens is 395 g/mol. The highest BCUT2D eigenvalue weighted by Gasteiger charge is 2.27. The summed E-state index contributed by atoms with van der Waals surface area (Å²) in [4.78, 5) is 46.7. The van der Waals surface area contributed by atoms with E-state index in [9.17, 15) is 28.7 Å². The van der Waals surface area contributed by atoms with Crippen LogP contribution in [0.3, 0.4) is 0 Å².